The van der Waals surface area contributed by atoms with Gasteiger partial charge < -0.3 is 5.73 Å². The van der Waals surface area contributed by atoms with Crippen LogP contribution in [0, 0.1) is 0 Å². The number of aromatic nitrogens is 2. The van der Waals surface area contributed by atoms with Crippen molar-refractivity contribution < 1.29 is 0 Å². The maximum atomic E-state index is 5.81. The molecule has 1 aliphatic heterocycles. The van der Waals surface area contributed by atoms with Crippen LogP contribution in [0.1, 0.15) is 26.5 Å². The molecular formula is C11H21N5S. The molecule has 0 atom stereocenters. The largest absolute Gasteiger partial charge is 0.388 e. The molecule has 0 spiro atoms. The van der Waals surface area contributed by atoms with Gasteiger partial charge in [-0.15, -0.1) is 5.10 Å². The first-order valence-electron chi connectivity index (χ1n) is 6.01. The van der Waals surface area contributed by atoms with Gasteiger partial charge in [-0.3, -0.25) is 9.80 Å². The highest BCUT2D eigenvalue weighted by atomic mass is 32.1. The summed E-state index contributed by atoms with van der Waals surface area (Å²) < 4.78 is 3.87. The highest BCUT2D eigenvalue weighted by Gasteiger charge is 2.26. The first-order valence-corrected chi connectivity index (χ1v) is 6.78. The second-order valence-electron chi connectivity index (χ2n) is 5.52. The minimum Gasteiger partial charge on any atom is -0.388 e. The van der Waals surface area contributed by atoms with E-state index < -0.39 is 0 Å². The third kappa shape index (κ3) is 3.14. The molecule has 17 heavy (non-hydrogen) atoms. The van der Waals surface area contributed by atoms with E-state index in [1.165, 1.54) is 11.5 Å². The summed E-state index contributed by atoms with van der Waals surface area (Å²) >= 11 is 1.28. The SMILES string of the molecule is CC(C)(C)N1CCN(Cc2nnsc2N)CC1. The molecule has 0 unspecified atom stereocenters. The predicted octanol–water partition coefficient (Wildman–Crippen LogP) is 1.04. The number of anilines is 1. The molecule has 0 saturated carbocycles. The zero-order valence-corrected chi connectivity index (χ0v) is 11.6. The molecular weight excluding hydrogens is 234 g/mol. The molecule has 6 heteroatoms. The van der Waals surface area contributed by atoms with E-state index >= 15 is 0 Å². The number of hydrogen-bond donors (Lipinski definition) is 1. The van der Waals surface area contributed by atoms with Crippen LogP contribution in [0.5, 0.6) is 0 Å². The van der Waals surface area contributed by atoms with Crippen molar-refractivity contribution in [2.45, 2.75) is 32.9 Å². The van der Waals surface area contributed by atoms with Crippen molar-refractivity contribution in [1.82, 2.24) is 19.4 Å². The van der Waals surface area contributed by atoms with Crippen LogP contribution in [0.15, 0.2) is 0 Å². The van der Waals surface area contributed by atoms with Gasteiger partial charge in [-0.25, -0.2) is 0 Å². The van der Waals surface area contributed by atoms with Crippen LogP contribution in [-0.2, 0) is 6.54 Å². The van der Waals surface area contributed by atoms with Crippen molar-refractivity contribution >= 4 is 16.5 Å². The molecule has 96 valence electrons. The highest BCUT2D eigenvalue weighted by Crippen LogP contribution is 2.19. The Morgan fingerprint density at radius 3 is 2.35 bits per heavy atom. The second-order valence-corrected chi connectivity index (χ2v) is 6.30. The van der Waals surface area contributed by atoms with Crippen molar-refractivity contribution in [2.75, 3.05) is 31.9 Å². The van der Waals surface area contributed by atoms with Gasteiger partial charge in [-0.1, -0.05) is 4.49 Å². The van der Waals surface area contributed by atoms with Crippen molar-refractivity contribution in [3.05, 3.63) is 5.69 Å². The van der Waals surface area contributed by atoms with E-state index in [-0.39, 0.29) is 5.54 Å². The number of rotatable bonds is 2. The molecule has 1 saturated heterocycles. The zero-order chi connectivity index (χ0) is 12.5. The number of nitrogen functional groups attached to an aromatic ring is 1. The van der Waals surface area contributed by atoms with Crippen LogP contribution in [-0.4, -0.2) is 51.1 Å². The lowest BCUT2D eigenvalue weighted by Crippen LogP contribution is -2.53. The van der Waals surface area contributed by atoms with Crippen molar-refractivity contribution in [1.29, 1.82) is 0 Å². The Bertz CT molecular complexity index is 362. The fourth-order valence-electron chi connectivity index (χ4n) is 2.11. The fraction of sp³-hybridized carbons (Fsp3) is 0.818. The zero-order valence-electron chi connectivity index (χ0n) is 10.8. The summed E-state index contributed by atoms with van der Waals surface area (Å²) in [6.45, 7) is 12.0. The van der Waals surface area contributed by atoms with Crippen LogP contribution in [0.25, 0.3) is 0 Å². The van der Waals surface area contributed by atoms with Crippen LogP contribution in [0.4, 0.5) is 5.00 Å². The summed E-state index contributed by atoms with van der Waals surface area (Å²) in [5.74, 6) is 0. The average molecular weight is 255 g/mol. The Balaban J connectivity index is 1.86. The molecule has 1 fully saturated rings. The smallest absolute Gasteiger partial charge is 0.132 e. The van der Waals surface area contributed by atoms with Crippen molar-refractivity contribution in [2.24, 2.45) is 0 Å². The molecule has 2 heterocycles. The number of nitrogens with two attached hydrogens (primary N) is 1. The van der Waals surface area contributed by atoms with E-state index in [0.29, 0.717) is 0 Å². The first-order chi connectivity index (χ1) is 7.97. The van der Waals surface area contributed by atoms with Gasteiger partial charge in [0.2, 0.25) is 0 Å². The molecule has 2 rings (SSSR count). The lowest BCUT2D eigenvalue weighted by molar-refractivity contribution is 0.0586. The maximum absolute atomic E-state index is 5.81. The van der Waals surface area contributed by atoms with Crippen molar-refractivity contribution in [3.63, 3.8) is 0 Å². The van der Waals surface area contributed by atoms with E-state index in [1.807, 2.05) is 0 Å². The quantitative estimate of drug-likeness (QED) is 0.855. The monoisotopic (exact) mass is 255 g/mol. The molecule has 0 radical (unpaired) electrons. The summed E-state index contributed by atoms with van der Waals surface area (Å²) in [4.78, 5) is 4.92. The summed E-state index contributed by atoms with van der Waals surface area (Å²) in [6.07, 6.45) is 0. The van der Waals surface area contributed by atoms with Gasteiger partial charge in [-0.2, -0.15) is 0 Å². The Morgan fingerprint density at radius 2 is 1.88 bits per heavy atom. The molecule has 0 aromatic carbocycles. The van der Waals surface area contributed by atoms with Gasteiger partial charge in [0.15, 0.2) is 0 Å². The predicted molar refractivity (Wildman–Crippen MR) is 70.9 cm³/mol. The third-order valence-electron chi connectivity index (χ3n) is 3.28. The lowest BCUT2D eigenvalue weighted by Gasteiger charge is -2.42. The van der Waals surface area contributed by atoms with E-state index in [4.69, 9.17) is 5.73 Å². The highest BCUT2D eigenvalue weighted by molar-refractivity contribution is 7.09. The number of piperazine rings is 1. The summed E-state index contributed by atoms with van der Waals surface area (Å²) in [6, 6.07) is 0. The molecule has 2 N–H and O–H groups in total. The van der Waals surface area contributed by atoms with E-state index in [9.17, 15) is 0 Å². The molecule has 1 aromatic heterocycles. The Hall–Kier alpha value is -0.720. The Labute approximate surface area is 107 Å². The minimum absolute atomic E-state index is 0.271. The second kappa shape index (κ2) is 4.88. The van der Waals surface area contributed by atoms with E-state index in [2.05, 4.69) is 40.2 Å². The standard InChI is InChI=1S/C11H21N5S/c1-11(2,3)16-6-4-15(5-7-16)8-9-10(12)17-14-13-9/h4-8,12H2,1-3H3. The topological polar surface area (TPSA) is 58.3 Å². The fourth-order valence-corrected chi connectivity index (χ4v) is 2.55. The lowest BCUT2D eigenvalue weighted by atomic mass is 10.0. The van der Waals surface area contributed by atoms with Gasteiger partial charge in [0.1, 0.15) is 10.7 Å². The van der Waals surface area contributed by atoms with Crippen LogP contribution in [0.2, 0.25) is 0 Å². The van der Waals surface area contributed by atoms with E-state index in [0.717, 1.165) is 43.4 Å². The summed E-state index contributed by atoms with van der Waals surface area (Å²) in [5.41, 5.74) is 7.01. The Kier molecular flexibility index (Phi) is 3.65. The molecule has 1 aliphatic rings. The Morgan fingerprint density at radius 1 is 1.24 bits per heavy atom. The van der Waals surface area contributed by atoms with Crippen LogP contribution >= 0.6 is 11.5 Å². The first kappa shape index (κ1) is 12.7. The van der Waals surface area contributed by atoms with Gasteiger partial charge in [0.25, 0.3) is 0 Å². The molecule has 1 aromatic rings. The maximum Gasteiger partial charge on any atom is 0.132 e. The normalized spacial score (nSPS) is 19.7. The molecule has 5 nitrogen and oxygen atoms in total. The summed E-state index contributed by atoms with van der Waals surface area (Å²) in [7, 11) is 0. The third-order valence-corrected chi connectivity index (χ3v) is 3.88. The van der Waals surface area contributed by atoms with Gasteiger partial charge in [0, 0.05) is 49.8 Å². The van der Waals surface area contributed by atoms with Gasteiger partial charge in [0.05, 0.1) is 0 Å². The molecule has 0 bridgehead atoms. The number of nitrogens with zero attached hydrogens (tertiary/aromatic N) is 4. The summed E-state index contributed by atoms with van der Waals surface area (Å²) in [5, 5.41) is 4.82. The van der Waals surface area contributed by atoms with Crippen LogP contribution < -0.4 is 5.73 Å². The number of hydrogen-bond acceptors (Lipinski definition) is 6. The van der Waals surface area contributed by atoms with Gasteiger partial charge >= 0.3 is 0 Å². The molecule has 0 aliphatic carbocycles. The van der Waals surface area contributed by atoms with Gasteiger partial charge in [-0.05, 0) is 20.8 Å². The minimum atomic E-state index is 0.271. The van der Waals surface area contributed by atoms with Crippen molar-refractivity contribution in [3.8, 4) is 0 Å². The molecule has 0 amide bonds. The average Bonchev–Trinajstić information content (AvgIpc) is 2.64. The van der Waals surface area contributed by atoms with E-state index in [1.54, 1.807) is 0 Å². The van der Waals surface area contributed by atoms with Crippen LogP contribution in [0.3, 0.4) is 0 Å².